The SMILES string of the molecule is CCOC(=O)c1c(C[NH+]2CCCC2)oc2ccc(OC)cc12. The first-order chi connectivity index (χ1) is 10.7. The minimum Gasteiger partial charge on any atom is -0.497 e. The molecule has 1 aliphatic rings. The molecule has 1 aliphatic heterocycles. The van der Waals surface area contributed by atoms with Crippen molar-refractivity contribution in [3.8, 4) is 5.75 Å². The summed E-state index contributed by atoms with van der Waals surface area (Å²) in [7, 11) is 1.61. The smallest absolute Gasteiger partial charge is 0.342 e. The Bertz CT molecular complexity index is 671. The molecule has 1 fully saturated rings. The van der Waals surface area contributed by atoms with E-state index in [0.29, 0.717) is 23.5 Å². The average molecular weight is 304 g/mol. The number of rotatable bonds is 5. The van der Waals surface area contributed by atoms with Gasteiger partial charge in [-0.2, -0.15) is 0 Å². The Morgan fingerprint density at radius 2 is 2.09 bits per heavy atom. The third-order valence-electron chi connectivity index (χ3n) is 4.17. The van der Waals surface area contributed by atoms with E-state index in [0.717, 1.165) is 30.8 Å². The number of methoxy groups -OCH3 is 1. The van der Waals surface area contributed by atoms with Gasteiger partial charge in [0.2, 0.25) is 0 Å². The molecular weight excluding hydrogens is 282 g/mol. The van der Waals surface area contributed by atoms with Crippen LogP contribution in [0, 0.1) is 0 Å². The minimum absolute atomic E-state index is 0.317. The fourth-order valence-corrected chi connectivity index (χ4v) is 3.08. The molecule has 2 aromatic rings. The number of carbonyl (C=O) groups is 1. The van der Waals surface area contributed by atoms with Gasteiger partial charge in [-0.25, -0.2) is 4.79 Å². The van der Waals surface area contributed by atoms with E-state index in [9.17, 15) is 4.79 Å². The minimum atomic E-state index is -0.317. The monoisotopic (exact) mass is 304 g/mol. The van der Waals surface area contributed by atoms with Crippen molar-refractivity contribution < 1.29 is 23.6 Å². The highest BCUT2D eigenvalue weighted by atomic mass is 16.5. The number of hydrogen-bond donors (Lipinski definition) is 1. The molecule has 1 aromatic carbocycles. The molecule has 0 aliphatic carbocycles. The maximum absolute atomic E-state index is 12.4. The molecule has 5 nitrogen and oxygen atoms in total. The summed E-state index contributed by atoms with van der Waals surface area (Å²) >= 11 is 0. The molecule has 0 amide bonds. The second-order valence-electron chi connectivity index (χ2n) is 5.62. The van der Waals surface area contributed by atoms with Gasteiger partial charge in [0, 0.05) is 18.2 Å². The predicted molar refractivity (Wildman–Crippen MR) is 82.4 cm³/mol. The first-order valence-corrected chi connectivity index (χ1v) is 7.83. The van der Waals surface area contributed by atoms with Crippen molar-refractivity contribution in [2.75, 3.05) is 26.8 Å². The largest absolute Gasteiger partial charge is 0.497 e. The Labute approximate surface area is 129 Å². The van der Waals surface area contributed by atoms with Crippen LogP contribution in [0.2, 0.25) is 0 Å². The number of hydrogen-bond acceptors (Lipinski definition) is 4. The third-order valence-corrected chi connectivity index (χ3v) is 4.17. The van der Waals surface area contributed by atoms with Crippen LogP contribution >= 0.6 is 0 Å². The summed E-state index contributed by atoms with van der Waals surface area (Å²) in [5, 5.41) is 0.770. The summed E-state index contributed by atoms with van der Waals surface area (Å²) in [6.45, 7) is 5.15. The molecule has 1 saturated heterocycles. The van der Waals surface area contributed by atoms with E-state index in [-0.39, 0.29) is 5.97 Å². The fraction of sp³-hybridized carbons (Fsp3) is 0.471. The highest BCUT2D eigenvalue weighted by molar-refractivity contribution is 6.04. The lowest BCUT2D eigenvalue weighted by atomic mass is 10.1. The van der Waals surface area contributed by atoms with Gasteiger partial charge in [-0.15, -0.1) is 0 Å². The number of furan rings is 1. The van der Waals surface area contributed by atoms with Gasteiger partial charge in [0.05, 0.1) is 26.8 Å². The molecule has 5 heteroatoms. The Morgan fingerprint density at radius 1 is 1.32 bits per heavy atom. The summed E-state index contributed by atoms with van der Waals surface area (Å²) < 4.78 is 16.4. The van der Waals surface area contributed by atoms with Crippen molar-refractivity contribution in [3.05, 3.63) is 29.5 Å². The van der Waals surface area contributed by atoms with E-state index in [1.807, 2.05) is 25.1 Å². The Balaban J connectivity index is 2.04. The van der Waals surface area contributed by atoms with Crippen LogP contribution in [-0.4, -0.2) is 32.8 Å². The van der Waals surface area contributed by atoms with Gasteiger partial charge in [-0.3, -0.25) is 0 Å². The van der Waals surface area contributed by atoms with Crippen LogP contribution in [0.1, 0.15) is 35.9 Å². The van der Waals surface area contributed by atoms with Crippen LogP contribution in [0.5, 0.6) is 5.75 Å². The zero-order valence-corrected chi connectivity index (χ0v) is 13.1. The average Bonchev–Trinajstić information content (AvgIpc) is 3.14. The van der Waals surface area contributed by atoms with Crippen LogP contribution in [0.4, 0.5) is 0 Å². The molecule has 0 spiro atoms. The van der Waals surface area contributed by atoms with Crippen LogP contribution in [0.25, 0.3) is 11.0 Å². The summed E-state index contributed by atoms with van der Waals surface area (Å²) in [5.74, 6) is 1.11. The number of benzene rings is 1. The zero-order chi connectivity index (χ0) is 15.5. The molecule has 0 bridgehead atoms. The highest BCUT2D eigenvalue weighted by Gasteiger charge is 2.26. The van der Waals surface area contributed by atoms with Crippen LogP contribution < -0.4 is 9.64 Å². The molecule has 0 unspecified atom stereocenters. The van der Waals surface area contributed by atoms with Crippen molar-refractivity contribution in [2.45, 2.75) is 26.3 Å². The third kappa shape index (κ3) is 2.81. The van der Waals surface area contributed by atoms with E-state index in [4.69, 9.17) is 13.9 Å². The Morgan fingerprint density at radius 3 is 2.77 bits per heavy atom. The predicted octanol–water partition coefficient (Wildman–Crippen LogP) is 1.80. The van der Waals surface area contributed by atoms with Gasteiger partial charge < -0.3 is 18.8 Å². The molecule has 22 heavy (non-hydrogen) atoms. The molecule has 1 N–H and O–H groups in total. The fourth-order valence-electron chi connectivity index (χ4n) is 3.08. The molecule has 0 atom stereocenters. The second kappa shape index (κ2) is 6.40. The van der Waals surface area contributed by atoms with Gasteiger partial charge >= 0.3 is 5.97 Å². The normalized spacial score (nSPS) is 15.4. The second-order valence-corrected chi connectivity index (χ2v) is 5.62. The number of carbonyl (C=O) groups excluding carboxylic acids is 1. The molecule has 1 aromatic heterocycles. The van der Waals surface area contributed by atoms with E-state index in [2.05, 4.69) is 0 Å². The number of quaternary nitrogens is 1. The van der Waals surface area contributed by atoms with Crippen molar-refractivity contribution >= 4 is 16.9 Å². The van der Waals surface area contributed by atoms with Gasteiger partial charge in [0.1, 0.15) is 23.4 Å². The van der Waals surface area contributed by atoms with Gasteiger partial charge in [-0.05, 0) is 25.1 Å². The van der Waals surface area contributed by atoms with E-state index in [1.54, 1.807) is 7.11 Å². The zero-order valence-electron chi connectivity index (χ0n) is 13.1. The van der Waals surface area contributed by atoms with Crippen molar-refractivity contribution in [1.29, 1.82) is 0 Å². The standard InChI is InChI=1S/C17H21NO4/c1-3-21-17(19)16-13-10-12(20-2)6-7-14(13)22-15(16)11-18-8-4-5-9-18/h6-7,10H,3-5,8-9,11H2,1-2H3/p+1. The summed E-state index contributed by atoms with van der Waals surface area (Å²) in [6, 6.07) is 5.53. The van der Waals surface area contributed by atoms with Crippen LogP contribution in [0.3, 0.4) is 0 Å². The first-order valence-electron chi connectivity index (χ1n) is 7.83. The number of esters is 1. The number of likely N-dealkylation sites (tertiary alicyclic amines) is 1. The summed E-state index contributed by atoms with van der Waals surface area (Å²) in [5.41, 5.74) is 1.26. The molecule has 0 radical (unpaired) electrons. The molecule has 0 saturated carbocycles. The number of fused-ring (bicyclic) bond motifs is 1. The van der Waals surface area contributed by atoms with E-state index < -0.39 is 0 Å². The van der Waals surface area contributed by atoms with Gasteiger partial charge in [0.25, 0.3) is 0 Å². The summed E-state index contributed by atoms with van der Waals surface area (Å²) in [6.07, 6.45) is 2.47. The van der Waals surface area contributed by atoms with E-state index in [1.165, 1.54) is 17.7 Å². The lowest BCUT2D eigenvalue weighted by Crippen LogP contribution is -3.08. The number of nitrogens with one attached hydrogen (secondary N) is 1. The lowest BCUT2D eigenvalue weighted by molar-refractivity contribution is -0.902. The molecule has 118 valence electrons. The Kier molecular flexibility index (Phi) is 4.34. The van der Waals surface area contributed by atoms with Crippen LogP contribution in [-0.2, 0) is 11.3 Å². The van der Waals surface area contributed by atoms with Crippen molar-refractivity contribution in [1.82, 2.24) is 0 Å². The summed E-state index contributed by atoms with van der Waals surface area (Å²) in [4.78, 5) is 13.8. The highest BCUT2D eigenvalue weighted by Crippen LogP contribution is 2.30. The number of ether oxygens (including phenoxy) is 2. The molecule has 2 heterocycles. The topological polar surface area (TPSA) is 53.1 Å². The van der Waals surface area contributed by atoms with Gasteiger partial charge in [-0.1, -0.05) is 0 Å². The maximum Gasteiger partial charge on any atom is 0.342 e. The lowest BCUT2D eigenvalue weighted by Gasteiger charge is -2.11. The molecule has 3 rings (SSSR count). The van der Waals surface area contributed by atoms with Gasteiger partial charge in [0.15, 0.2) is 5.76 Å². The maximum atomic E-state index is 12.4. The molecular formula is C17H22NO4+. The first kappa shape index (κ1) is 14.9. The quantitative estimate of drug-likeness (QED) is 0.856. The van der Waals surface area contributed by atoms with Crippen molar-refractivity contribution in [2.24, 2.45) is 0 Å². The van der Waals surface area contributed by atoms with E-state index >= 15 is 0 Å². The van der Waals surface area contributed by atoms with Crippen molar-refractivity contribution in [3.63, 3.8) is 0 Å². The van der Waals surface area contributed by atoms with Crippen LogP contribution in [0.15, 0.2) is 22.6 Å². The Hall–Kier alpha value is -2.01.